The molecular formula is C14H18N4O. The van der Waals surface area contributed by atoms with Crippen LogP contribution in [0.1, 0.15) is 6.42 Å². The van der Waals surface area contributed by atoms with Crippen molar-refractivity contribution in [2.24, 2.45) is 13.0 Å². The number of amides is 1. The molecule has 1 amide bonds. The summed E-state index contributed by atoms with van der Waals surface area (Å²) in [7, 11) is 3.80. The van der Waals surface area contributed by atoms with Gasteiger partial charge in [0.2, 0.25) is 5.91 Å². The van der Waals surface area contributed by atoms with Crippen LogP contribution >= 0.6 is 0 Å². The van der Waals surface area contributed by atoms with Crippen molar-refractivity contribution in [3.05, 3.63) is 24.5 Å². The fraction of sp³-hybridized carbons (Fsp3) is 0.429. The molecule has 0 aliphatic carbocycles. The molecule has 0 spiro atoms. The molecule has 0 radical (unpaired) electrons. The average Bonchev–Trinajstić information content (AvgIpc) is 3.07. The zero-order valence-corrected chi connectivity index (χ0v) is 11.3. The van der Waals surface area contributed by atoms with Crippen LogP contribution in [0.5, 0.6) is 0 Å². The first-order valence-electron chi connectivity index (χ1n) is 6.56. The second-order valence-electron chi connectivity index (χ2n) is 5.12. The van der Waals surface area contributed by atoms with Gasteiger partial charge in [0.25, 0.3) is 0 Å². The van der Waals surface area contributed by atoms with Crippen LogP contribution in [0, 0.1) is 5.92 Å². The van der Waals surface area contributed by atoms with Gasteiger partial charge in [0, 0.05) is 26.3 Å². The molecule has 1 unspecified atom stereocenters. The van der Waals surface area contributed by atoms with E-state index in [1.807, 2.05) is 36.9 Å². The third kappa shape index (κ3) is 2.10. The normalized spacial score (nSPS) is 18.9. The van der Waals surface area contributed by atoms with Crippen molar-refractivity contribution in [3.8, 4) is 0 Å². The number of hydrogen-bond acceptors (Lipinski definition) is 3. The zero-order valence-electron chi connectivity index (χ0n) is 11.3. The molecule has 3 rings (SSSR count). The Hall–Kier alpha value is -1.88. The Labute approximate surface area is 112 Å². The molecule has 100 valence electrons. The van der Waals surface area contributed by atoms with Gasteiger partial charge >= 0.3 is 0 Å². The smallest absolute Gasteiger partial charge is 0.231 e. The fourth-order valence-electron chi connectivity index (χ4n) is 2.60. The highest BCUT2D eigenvalue weighted by molar-refractivity contribution is 5.96. The van der Waals surface area contributed by atoms with Gasteiger partial charge in [-0.3, -0.25) is 4.79 Å². The van der Waals surface area contributed by atoms with E-state index in [0.717, 1.165) is 36.2 Å². The van der Waals surface area contributed by atoms with Crippen LogP contribution in [0.4, 0.5) is 5.69 Å². The highest BCUT2D eigenvalue weighted by Gasteiger charge is 2.26. The minimum atomic E-state index is 0.101. The van der Waals surface area contributed by atoms with E-state index in [4.69, 9.17) is 0 Å². The summed E-state index contributed by atoms with van der Waals surface area (Å²) in [6, 6.07) is 5.95. The fourth-order valence-corrected chi connectivity index (χ4v) is 2.60. The van der Waals surface area contributed by atoms with Crippen LogP contribution < -0.4 is 10.2 Å². The van der Waals surface area contributed by atoms with E-state index >= 15 is 0 Å². The largest absolute Gasteiger partial charge is 0.334 e. The highest BCUT2D eigenvalue weighted by Crippen LogP contribution is 2.22. The van der Waals surface area contributed by atoms with Crippen LogP contribution in [0.3, 0.4) is 0 Å². The number of fused-ring (bicyclic) bond motifs is 1. The molecule has 0 bridgehead atoms. The predicted molar refractivity (Wildman–Crippen MR) is 75.1 cm³/mol. The first-order chi connectivity index (χ1) is 9.16. The van der Waals surface area contributed by atoms with Gasteiger partial charge in [-0.25, -0.2) is 4.98 Å². The van der Waals surface area contributed by atoms with Gasteiger partial charge < -0.3 is 14.8 Å². The summed E-state index contributed by atoms with van der Waals surface area (Å²) in [5.74, 6) is 0.282. The standard InChI is InChI=1S/C14H18N4O/c1-17-9-16-12-7-11(3-4-13(12)17)18(2)14(19)10-5-6-15-8-10/h3-4,7,9-10,15H,5-6,8H2,1-2H3. The molecule has 1 saturated heterocycles. The van der Waals surface area contributed by atoms with Crippen molar-refractivity contribution in [1.82, 2.24) is 14.9 Å². The maximum Gasteiger partial charge on any atom is 0.231 e. The molecule has 1 aliphatic rings. The van der Waals surface area contributed by atoms with E-state index in [9.17, 15) is 4.79 Å². The molecular weight excluding hydrogens is 240 g/mol. The van der Waals surface area contributed by atoms with Gasteiger partial charge in [0.1, 0.15) is 0 Å². The van der Waals surface area contributed by atoms with E-state index in [2.05, 4.69) is 10.3 Å². The molecule has 1 aromatic heterocycles. The van der Waals surface area contributed by atoms with Crippen molar-refractivity contribution >= 4 is 22.6 Å². The molecule has 1 N–H and O–H groups in total. The maximum absolute atomic E-state index is 12.3. The Morgan fingerprint density at radius 1 is 1.53 bits per heavy atom. The van der Waals surface area contributed by atoms with Crippen molar-refractivity contribution in [1.29, 1.82) is 0 Å². The summed E-state index contributed by atoms with van der Waals surface area (Å²) in [6.07, 6.45) is 2.71. The summed E-state index contributed by atoms with van der Waals surface area (Å²) in [4.78, 5) is 18.4. The number of aryl methyl sites for hydroxylation is 1. The maximum atomic E-state index is 12.3. The Morgan fingerprint density at radius 3 is 3.11 bits per heavy atom. The van der Waals surface area contributed by atoms with Crippen LogP contribution in [0.15, 0.2) is 24.5 Å². The second-order valence-corrected chi connectivity index (χ2v) is 5.12. The molecule has 1 aromatic carbocycles. The molecule has 5 heteroatoms. The van der Waals surface area contributed by atoms with Crippen LogP contribution in [-0.2, 0) is 11.8 Å². The number of carbonyl (C=O) groups excluding carboxylic acids is 1. The first-order valence-corrected chi connectivity index (χ1v) is 6.56. The van der Waals surface area contributed by atoms with E-state index in [-0.39, 0.29) is 11.8 Å². The van der Waals surface area contributed by atoms with Crippen molar-refractivity contribution in [3.63, 3.8) is 0 Å². The zero-order chi connectivity index (χ0) is 13.4. The second kappa shape index (κ2) is 4.66. The van der Waals surface area contributed by atoms with Crippen LogP contribution in [0.25, 0.3) is 11.0 Å². The Bertz CT molecular complexity index is 613. The number of carbonyl (C=O) groups is 1. The summed E-state index contributed by atoms with van der Waals surface area (Å²) in [6.45, 7) is 1.72. The minimum Gasteiger partial charge on any atom is -0.334 e. The van der Waals surface area contributed by atoms with Crippen molar-refractivity contribution < 1.29 is 4.79 Å². The third-order valence-corrected chi connectivity index (χ3v) is 3.84. The lowest BCUT2D eigenvalue weighted by Crippen LogP contribution is -2.33. The predicted octanol–water partition coefficient (Wildman–Crippen LogP) is 1.15. The molecule has 2 aromatic rings. The first kappa shape index (κ1) is 12.2. The summed E-state index contributed by atoms with van der Waals surface area (Å²) in [5, 5.41) is 3.23. The molecule has 19 heavy (non-hydrogen) atoms. The van der Waals surface area contributed by atoms with E-state index in [1.54, 1.807) is 11.2 Å². The lowest BCUT2D eigenvalue weighted by atomic mass is 10.1. The number of anilines is 1. The number of aromatic nitrogens is 2. The monoisotopic (exact) mass is 258 g/mol. The number of hydrogen-bond donors (Lipinski definition) is 1. The SMILES string of the molecule is CN(C(=O)C1CCNC1)c1ccc2c(c1)ncn2C. The lowest BCUT2D eigenvalue weighted by Gasteiger charge is -2.20. The van der Waals surface area contributed by atoms with E-state index in [1.165, 1.54) is 0 Å². The van der Waals surface area contributed by atoms with Gasteiger partial charge in [-0.1, -0.05) is 0 Å². The molecule has 1 atom stereocenters. The summed E-state index contributed by atoms with van der Waals surface area (Å²) >= 11 is 0. The number of rotatable bonds is 2. The van der Waals surface area contributed by atoms with Crippen molar-refractivity contribution in [2.45, 2.75) is 6.42 Å². The van der Waals surface area contributed by atoms with Crippen LogP contribution in [0.2, 0.25) is 0 Å². The summed E-state index contributed by atoms with van der Waals surface area (Å²) < 4.78 is 1.97. The number of benzene rings is 1. The third-order valence-electron chi connectivity index (χ3n) is 3.84. The Balaban J connectivity index is 1.88. The molecule has 2 heterocycles. The van der Waals surface area contributed by atoms with Gasteiger partial charge in [-0.05, 0) is 31.2 Å². The van der Waals surface area contributed by atoms with Gasteiger partial charge in [-0.15, -0.1) is 0 Å². The van der Waals surface area contributed by atoms with Gasteiger partial charge in [-0.2, -0.15) is 0 Å². The highest BCUT2D eigenvalue weighted by atomic mass is 16.2. The average molecular weight is 258 g/mol. The number of nitrogens with one attached hydrogen (secondary N) is 1. The molecule has 0 saturated carbocycles. The minimum absolute atomic E-state index is 0.101. The lowest BCUT2D eigenvalue weighted by molar-refractivity contribution is -0.121. The van der Waals surface area contributed by atoms with Gasteiger partial charge in [0.15, 0.2) is 0 Å². The topological polar surface area (TPSA) is 50.2 Å². The van der Waals surface area contributed by atoms with Crippen molar-refractivity contribution in [2.75, 3.05) is 25.0 Å². The van der Waals surface area contributed by atoms with Gasteiger partial charge in [0.05, 0.1) is 23.3 Å². The van der Waals surface area contributed by atoms with E-state index in [0.29, 0.717) is 0 Å². The Kier molecular flexibility index (Phi) is 2.98. The summed E-state index contributed by atoms with van der Waals surface area (Å²) in [5.41, 5.74) is 2.90. The number of imidazole rings is 1. The quantitative estimate of drug-likeness (QED) is 0.879. The molecule has 1 fully saturated rings. The van der Waals surface area contributed by atoms with E-state index < -0.39 is 0 Å². The number of nitrogens with zero attached hydrogens (tertiary/aromatic N) is 3. The molecule has 5 nitrogen and oxygen atoms in total. The Morgan fingerprint density at radius 2 is 2.37 bits per heavy atom. The van der Waals surface area contributed by atoms with Crippen LogP contribution in [-0.4, -0.2) is 35.6 Å². The molecule has 1 aliphatic heterocycles.